The van der Waals surface area contributed by atoms with E-state index in [2.05, 4.69) is 15.6 Å². The molecule has 0 saturated carbocycles. The van der Waals surface area contributed by atoms with Crippen LogP contribution in [0.25, 0.3) is 10.8 Å². The van der Waals surface area contributed by atoms with Crippen molar-refractivity contribution in [2.45, 2.75) is 50.7 Å². The lowest BCUT2D eigenvalue weighted by Crippen LogP contribution is -2.67. The van der Waals surface area contributed by atoms with Crippen LogP contribution in [0, 0.1) is 0 Å². The summed E-state index contributed by atoms with van der Waals surface area (Å²) < 4.78 is 0. The number of nitrogens with one attached hydrogen (secondary N) is 2. The van der Waals surface area contributed by atoms with E-state index in [-0.39, 0.29) is 12.5 Å². The minimum atomic E-state index is -1.16. The Morgan fingerprint density at radius 1 is 1.09 bits per heavy atom. The maximum Gasteiger partial charge on any atom is 0.328 e. The number of aliphatic carboxylic acids is 1. The molecular formula is C23H27N5O5. The Morgan fingerprint density at radius 2 is 1.85 bits per heavy atom. The number of urea groups is 1. The lowest BCUT2D eigenvalue weighted by Gasteiger charge is -2.47. The monoisotopic (exact) mass is 453 g/mol. The van der Waals surface area contributed by atoms with Crippen molar-refractivity contribution in [1.29, 1.82) is 0 Å². The molecule has 2 fully saturated rings. The Labute approximate surface area is 190 Å². The van der Waals surface area contributed by atoms with Crippen molar-refractivity contribution in [3.05, 3.63) is 36.5 Å². The summed E-state index contributed by atoms with van der Waals surface area (Å²) in [7, 11) is 0. The molecule has 2 aromatic rings. The normalized spacial score (nSPS) is 23.3. The standard InChI is InChI=1S/C23H27N5O5/c1-14(29)27-12-16-7-3-5-9-18(21(30)28(16)19(13-27)22(31)32)25-23(33)26-20-17-8-4-2-6-15(17)10-11-24-20/h2,4,6,8,10-11,16,18-19H,3,5,7,9,12-13H2,1H3,(H,31,32)(H2,24,25,26,33). The number of hydrogen-bond donors (Lipinski definition) is 3. The molecular weight excluding hydrogens is 426 g/mol. The number of nitrogens with zero attached hydrogens (tertiary/aromatic N) is 3. The number of rotatable bonds is 3. The van der Waals surface area contributed by atoms with Crippen LogP contribution in [0.5, 0.6) is 0 Å². The molecule has 2 saturated heterocycles. The highest BCUT2D eigenvalue weighted by Gasteiger charge is 2.44. The van der Waals surface area contributed by atoms with Crippen molar-refractivity contribution in [3.8, 4) is 0 Å². The van der Waals surface area contributed by atoms with E-state index in [4.69, 9.17) is 0 Å². The molecule has 3 atom stereocenters. The van der Waals surface area contributed by atoms with Gasteiger partial charge in [0.2, 0.25) is 11.8 Å². The molecule has 3 heterocycles. The molecule has 33 heavy (non-hydrogen) atoms. The zero-order valence-electron chi connectivity index (χ0n) is 18.4. The molecule has 0 bridgehead atoms. The highest BCUT2D eigenvalue weighted by atomic mass is 16.4. The van der Waals surface area contributed by atoms with Gasteiger partial charge in [0.1, 0.15) is 17.9 Å². The number of carbonyl (C=O) groups is 4. The maximum atomic E-state index is 13.4. The van der Waals surface area contributed by atoms with Crippen LogP contribution in [0.1, 0.15) is 32.6 Å². The summed E-state index contributed by atoms with van der Waals surface area (Å²) in [6, 6.07) is 6.33. The molecule has 10 nitrogen and oxygen atoms in total. The van der Waals surface area contributed by atoms with Crippen LogP contribution in [-0.2, 0) is 14.4 Å². The molecule has 3 N–H and O–H groups in total. The number of anilines is 1. The third kappa shape index (κ3) is 4.74. The second-order valence-corrected chi connectivity index (χ2v) is 8.49. The average molecular weight is 453 g/mol. The van der Waals surface area contributed by atoms with Gasteiger partial charge in [-0.1, -0.05) is 37.1 Å². The Bertz CT molecular complexity index is 1080. The number of hydrogen-bond acceptors (Lipinski definition) is 5. The van der Waals surface area contributed by atoms with Gasteiger partial charge in [-0.3, -0.25) is 14.9 Å². The van der Waals surface area contributed by atoms with Crippen molar-refractivity contribution >= 4 is 40.4 Å². The third-order valence-corrected chi connectivity index (χ3v) is 6.33. The number of carbonyl (C=O) groups excluding carboxylic acids is 3. The first-order chi connectivity index (χ1) is 15.8. The second kappa shape index (κ2) is 9.43. The number of pyridine rings is 1. The summed E-state index contributed by atoms with van der Waals surface area (Å²) in [5, 5.41) is 16.9. The summed E-state index contributed by atoms with van der Waals surface area (Å²) in [6.07, 6.45) is 4.07. The molecule has 3 unspecified atom stereocenters. The first-order valence-electron chi connectivity index (χ1n) is 11.1. The van der Waals surface area contributed by atoms with Gasteiger partial charge in [-0.2, -0.15) is 0 Å². The number of benzene rings is 1. The predicted molar refractivity (Wildman–Crippen MR) is 120 cm³/mol. The zero-order chi connectivity index (χ0) is 23.5. The van der Waals surface area contributed by atoms with Crippen molar-refractivity contribution < 1.29 is 24.3 Å². The molecule has 4 amide bonds. The molecule has 0 spiro atoms. The number of aromatic nitrogens is 1. The van der Waals surface area contributed by atoms with E-state index in [1.165, 1.54) is 16.7 Å². The van der Waals surface area contributed by atoms with E-state index in [1.54, 1.807) is 6.20 Å². The third-order valence-electron chi connectivity index (χ3n) is 6.33. The fourth-order valence-corrected chi connectivity index (χ4v) is 4.67. The van der Waals surface area contributed by atoms with Crippen LogP contribution in [0.4, 0.5) is 10.6 Å². The minimum absolute atomic E-state index is 0.0637. The fraction of sp³-hybridized carbons (Fsp3) is 0.435. The summed E-state index contributed by atoms with van der Waals surface area (Å²) in [5.41, 5.74) is 0. The van der Waals surface area contributed by atoms with Gasteiger partial charge in [0, 0.05) is 25.1 Å². The SMILES string of the molecule is CC(=O)N1CC2CCCCC(NC(=O)Nc3nccc4ccccc34)C(=O)N2C(C(=O)O)C1. The number of carboxylic acid groups (broad SMARTS) is 1. The van der Waals surface area contributed by atoms with Gasteiger partial charge in [-0.15, -0.1) is 0 Å². The highest BCUT2D eigenvalue weighted by molar-refractivity contribution is 6.01. The lowest BCUT2D eigenvalue weighted by atomic mass is 9.94. The van der Waals surface area contributed by atoms with Gasteiger partial charge >= 0.3 is 12.0 Å². The van der Waals surface area contributed by atoms with Crippen LogP contribution in [-0.4, -0.2) is 74.9 Å². The van der Waals surface area contributed by atoms with Gasteiger partial charge in [0.25, 0.3) is 0 Å². The molecule has 2 aliphatic rings. The highest BCUT2D eigenvalue weighted by Crippen LogP contribution is 2.26. The van der Waals surface area contributed by atoms with Crippen LogP contribution < -0.4 is 10.6 Å². The van der Waals surface area contributed by atoms with Gasteiger partial charge in [-0.25, -0.2) is 14.6 Å². The topological polar surface area (TPSA) is 132 Å². The maximum absolute atomic E-state index is 13.4. The van der Waals surface area contributed by atoms with Crippen LogP contribution in [0.3, 0.4) is 0 Å². The summed E-state index contributed by atoms with van der Waals surface area (Å²) in [6.45, 7) is 1.63. The first-order valence-corrected chi connectivity index (χ1v) is 11.1. The first kappa shape index (κ1) is 22.5. The van der Waals surface area contributed by atoms with Crippen LogP contribution in [0.2, 0.25) is 0 Å². The van der Waals surface area contributed by atoms with Crippen LogP contribution in [0.15, 0.2) is 36.5 Å². The molecule has 1 aromatic carbocycles. The van der Waals surface area contributed by atoms with Crippen molar-refractivity contribution in [2.24, 2.45) is 0 Å². The van der Waals surface area contributed by atoms with Gasteiger partial charge in [-0.05, 0) is 24.3 Å². The molecule has 0 aliphatic carbocycles. The molecule has 0 radical (unpaired) electrons. The van der Waals surface area contributed by atoms with Crippen molar-refractivity contribution in [3.63, 3.8) is 0 Å². The van der Waals surface area contributed by atoms with E-state index in [0.29, 0.717) is 31.6 Å². The van der Waals surface area contributed by atoms with Crippen molar-refractivity contribution in [1.82, 2.24) is 20.1 Å². The molecule has 1 aromatic heterocycles. The van der Waals surface area contributed by atoms with Gasteiger partial charge < -0.3 is 20.2 Å². The van der Waals surface area contributed by atoms with Crippen molar-refractivity contribution in [2.75, 3.05) is 18.4 Å². The number of fused-ring (bicyclic) bond motifs is 2. The van der Waals surface area contributed by atoms with E-state index in [1.807, 2.05) is 30.3 Å². The fourth-order valence-electron chi connectivity index (χ4n) is 4.67. The van der Waals surface area contributed by atoms with Crippen LogP contribution >= 0.6 is 0 Å². The Balaban J connectivity index is 1.53. The van der Waals surface area contributed by atoms with E-state index in [0.717, 1.165) is 17.2 Å². The largest absolute Gasteiger partial charge is 0.480 e. The number of piperazine rings is 1. The summed E-state index contributed by atoms with van der Waals surface area (Å²) in [4.78, 5) is 57.2. The molecule has 174 valence electrons. The summed E-state index contributed by atoms with van der Waals surface area (Å²) in [5.74, 6) is -1.44. The lowest BCUT2D eigenvalue weighted by molar-refractivity contribution is -0.161. The summed E-state index contributed by atoms with van der Waals surface area (Å²) >= 11 is 0. The number of carboxylic acids is 1. The minimum Gasteiger partial charge on any atom is -0.480 e. The molecule has 2 aliphatic heterocycles. The van der Waals surface area contributed by atoms with Gasteiger partial charge in [0.05, 0.1) is 12.6 Å². The molecule has 4 rings (SSSR count). The van der Waals surface area contributed by atoms with E-state index < -0.39 is 36.0 Å². The van der Waals surface area contributed by atoms with E-state index in [9.17, 15) is 24.3 Å². The second-order valence-electron chi connectivity index (χ2n) is 8.49. The smallest absolute Gasteiger partial charge is 0.328 e. The quantitative estimate of drug-likeness (QED) is 0.649. The zero-order valence-corrected chi connectivity index (χ0v) is 18.4. The Kier molecular flexibility index (Phi) is 6.43. The number of amides is 4. The van der Waals surface area contributed by atoms with E-state index >= 15 is 0 Å². The Hall–Kier alpha value is -3.69. The molecule has 10 heteroatoms. The average Bonchev–Trinajstić information content (AvgIpc) is 2.79. The Morgan fingerprint density at radius 3 is 2.61 bits per heavy atom. The predicted octanol–water partition coefficient (Wildman–Crippen LogP) is 1.81. The van der Waals surface area contributed by atoms with Gasteiger partial charge in [0.15, 0.2) is 0 Å².